The number of likely N-dealkylation sites (N-methyl/N-ethyl adjacent to an activating group) is 1. The van der Waals surface area contributed by atoms with E-state index >= 15 is 0 Å². The van der Waals surface area contributed by atoms with Crippen LogP contribution in [0.4, 0.5) is 4.79 Å². The van der Waals surface area contributed by atoms with Crippen molar-refractivity contribution in [2.75, 3.05) is 26.7 Å². The molecule has 0 aromatic rings. The van der Waals surface area contributed by atoms with E-state index in [-0.39, 0.29) is 23.4 Å². The van der Waals surface area contributed by atoms with Crippen molar-refractivity contribution in [1.82, 2.24) is 14.7 Å². The number of carbonyl (C=O) groups is 3. The standard InChI is InChI=1S/C17H28N4O3/c1-5-13(22)21-9-6-7-17(21)8-10-20(11-17)16(24)19(4)14(12(2)3)15(18)23/h5,12,14H,1,6-11H2,2-4H3,(H2,18,23)/t14-,17+/m0/s1. The predicted octanol–water partition coefficient (Wildman–Crippen LogP) is 0.801. The van der Waals surface area contributed by atoms with Crippen LogP contribution in [0, 0.1) is 5.92 Å². The van der Waals surface area contributed by atoms with Gasteiger partial charge in [0.2, 0.25) is 11.8 Å². The molecule has 0 saturated carbocycles. The fraction of sp³-hybridized carbons (Fsp3) is 0.706. The fourth-order valence-corrected chi connectivity index (χ4v) is 4.15. The van der Waals surface area contributed by atoms with Crippen LogP contribution in [-0.2, 0) is 9.59 Å². The van der Waals surface area contributed by atoms with Crippen molar-refractivity contribution in [3.8, 4) is 0 Å². The maximum atomic E-state index is 12.8. The summed E-state index contributed by atoms with van der Waals surface area (Å²) in [6.45, 7) is 9.09. The highest BCUT2D eigenvalue weighted by molar-refractivity contribution is 5.88. The van der Waals surface area contributed by atoms with Crippen LogP contribution < -0.4 is 5.73 Å². The molecule has 24 heavy (non-hydrogen) atoms. The van der Waals surface area contributed by atoms with E-state index < -0.39 is 11.9 Å². The van der Waals surface area contributed by atoms with Gasteiger partial charge in [0.15, 0.2) is 0 Å². The number of hydrogen-bond donors (Lipinski definition) is 1. The molecule has 7 heteroatoms. The zero-order chi connectivity index (χ0) is 18.1. The van der Waals surface area contributed by atoms with Gasteiger partial charge < -0.3 is 20.4 Å². The van der Waals surface area contributed by atoms with Gasteiger partial charge in [0.05, 0.1) is 5.54 Å². The van der Waals surface area contributed by atoms with Crippen molar-refractivity contribution in [3.05, 3.63) is 12.7 Å². The van der Waals surface area contributed by atoms with E-state index in [0.717, 1.165) is 19.3 Å². The largest absolute Gasteiger partial charge is 0.368 e. The first kappa shape index (κ1) is 18.3. The van der Waals surface area contributed by atoms with E-state index in [9.17, 15) is 14.4 Å². The van der Waals surface area contributed by atoms with E-state index in [0.29, 0.717) is 19.6 Å². The summed E-state index contributed by atoms with van der Waals surface area (Å²) in [5.74, 6) is -0.634. The topological polar surface area (TPSA) is 87.0 Å². The molecule has 2 fully saturated rings. The molecule has 2 N–H and O–H groups in total. The highest BCUT2D eigenvalue weighted by Gasteiger charge is 2.49. The van der Waals surface area contributed by atoms with E-state index in [1.165, 1.54) is 11.0 Å². The van der Waals surface area contributed by atoms with Gasteiger partial charge in [-0.1, -0.05) is 20.4 Å². The first-order valence-electron chi connectivity index (χ1n) is 8.48. The number of nitrogens with two attached hydrogens (primary N) is 1. The van der Waals surface area contributed by atoms with Gasteiger partial charge in [-0.3, -0.25) is 9.59 Å². The Bertz CT molecular complexity index is 548. The molecule has 0 aromatic heterocycles. The van der Waals surface area contributed by atoms with E-state index in [1.54, 1.807) is 11.9 Å². The zero-order valence-electron chi connectivity index (χ0n) is 14.8. The van der Waals surface area contributed by atoms with Crippen molar-refractivity contribution >= 4 is 17.8 Å². The molecular weight excluding hydrogens is 308 g/mol. The molecule has 0 bridgehead atoms. The SMILES string of the molecule is C=CC(=O)N1CCC[C@]12CCN(C(=O)N(C)[C@H](C(N)=O)C(C)C)C2. The number of hydrogen-bond acceptors (Lipinski definition) is 3. The van der Waals surface area contributed by atoms with Crippen LogP contribution in [0.1, 0.15) is 33.1 Å². The van der Waals surface area contributed by atoms with Crippen molar-refractivity contribution < 1.29 is 14.4 Å². The average Bonchev–Trinajstić information content (AvgIpc) is 3.12. The summed E-state index contributed by atoms with van der Waals surface area (Å²) < 4.78 is 0. The van der Waals surface area contributed by atoms with Gasteiger partial charge in [0, 0.05) is 26.7 Å². The molecule has 1 spiro atoms. The zero-order valence-corrected chi connectivity index (χ0v) is 14.8. The Balaban J connectivity index is 2.12. The van der Waals surface area contributed by atoms with Crippen LogP contribution >= 0.6 is 0 Å². The van der Waals surface area contributed by atoms with Crippen molar-refractivity contribution in [1.29, 1.82) is 0 Å². The normalized spacial score (nSPS) is 24.5. The van der Waals surface area contributed by atoms with Crippen molar-refractivity contribution in [2.24, 2.45) is 11.7 Å². The third-order valence-corrected chi connectivity index (χ3v) is 5.28. The fourth-order valence-electron chi connectivity index (χ4n) is 4.15. The molecule has 2 atom stereocenters. The van der Waals surface area contributed by atoms with Gasteiger partial charge in [-0.15, -0.1) is 0 Å². The van der Waals surface area contributed by atoms with Gasteiger partial charge in [0.1, 0.15) is 6.04 Å². The lowest BCUT2D eigenvalue weighted by molar-refractivity contribution is -0.129. The number of carbonyl (C=O) groups excluding carboxylic acids is 3. The Hall–Kier alpha value is -2.05. The van der Waals surface area contributed by atoms with Crippen LogP contribution in [0.15, 0.2) is 12.7 Å². The Kier molecular flexibility index (Phi) is 5.20. The minimum Gasteiger partial charge on any atom is -0.368 e. The van der Waals surface area contributed by atoms with Crippen molar-refractivity contribution in [2.45, 2.75) is 44.7 Å². The summed E-state index contributed by atoms with van der Waals surface area (Å²) in [7, 11) is 1.62. The molecule has 2 aliphatic rings. The van der Waals surface area contributed by atoms with Crippen LogP contribution in [0.2, 0.25) is 0 Å². The van der Waals surface area contributed by atoms with Gasteiger partial charge in [-0.25, -0.2) is 4.79 Å². The Morgan fingerprint density at radius 3 is 2.46 bits per heavy atom. The number of primary amides is 1. The van der Waals surface area contributed by atoms with E-state index in [1.807, 2.05) is 18.7 Å². The predicted molar refractivity (Wildman–Crippen MR) is 91.0 cm³/mol. The molecule has 2 heterocycles. The molecular formula is C17H28N4O3. The molecule has 0 aliphatic carbocycles. The smallest absolute Gasteiger partial charge is 0.320 e. The maximum Gasteiger partial charge on any atom is 0.320 e. The molecule has 0 radical (unpaired) electrons. The molecule has 2 saturated heterocycles. The van der Waals surface area contributed by atoms with Crippen LogP contribution in [0.3, 0.4) is 0 Å². The Morgan fingerprint density at radius 1 is 1.25 bits per heavy atom. The van der Waals surface area contributed by atoms with Crippen molar-refractivity contribution in [3.63, 3.8) is 0 Å². The summed E-state index contributed by atoms with van der Waals surface area (Å²) in [6.07, 6.45) is 3.93. The number of urea groups is 1. The number of rotatable bonds is 4. The second kappa shape index (κ2) is 6.83. The quantitative estimate of drug-likeness (QED) is 0.771. The highest BCUT2D eigenvalue weighted by atomic mass is 16.2. The lowest BCUT2D eigenvalue weighted by Gasteiger charge is -2.36. The first-order valence-corrected chi connectivity index (χ1v) is 8.48. The summed E-state index contributed by atoms with van der Waals surface area (Å²) >= 11 is 0. The third kappa shape index (κ3) is 3.12. The average molecular weight is 336 g/mol. The number of amides is 4. The number of nitrogens with zero attached hydrogens (tertiary/aromatic N) is 3. The summed E-state index contributed by atoms with van der Waals surface area (Å²) in [6, 6.07) is -0.842. The Labute approximate surface area is 143 Å². The Morgan fingerprint density at radius 2 is 1.92 bits per heavy atom. The van der Waals surface area contributed by atoms with Gasteiger partial charge in [0.25, 0.3) is 0 Å². The summed E-state index contributed by atoms with van der Waals surface area (Å²) in [5.41, 5.74) is 5.17. The van der Waals surface area contributed by atoms with Crippen LogP contribution in [-0.4, -0.2) is 70.8 Å². The maximum absolute atomic E-state index is 12.8. The second-order valence-electron chi connectivity index (χ2n) is 7.18. The third-order valence-electron chi connectivity index (χ3n) is 5.28. The van der Waals surface area contributed by atoms with Crippen LogP contribution in [0.25, 0.3) is 0 Å². The van der Waals surface area contributed by atoms with E-state index in [4.69, 9.17) is 5.73 Å². The molecule has 0 unspecified atom stereocenters. The monoisotopic (exact) mass is 336 g/mol. The first-order chi connectivity index (χ1) is 11.2. The second-order valence-corrected chi connectivity index (χ2v) is 7.18. The summed E-state index contributed by atoms with van der Waals surface area (Å²) in [4.78, 5) is 41.6. The van der Waals surface area contributed by atoms with Gasteiger partial charge >= 0.3 is 6.03 Å². The summed E-state index contributed by atoms with van der Waals surface area (Å²) in [5, 5.41) is 0. The minimum atomic E-state index is -0.636. The lowest BCUT2D eigenvalue weighted by atomic mass is 9.95. The number of likely N-dealkylation sites (tertiary alicyclic amines) is 2. The minimum absolute atomic E-state index is 0.0571. The molecule has 2 aliphatic heterocycles. The molecule has 4 amide bonds. The molecule has 0 aromatic carbocycles. The lowest BCUT2D eigenvalue weighted by Crippen LogP contribution is -2.54. The van der Waals surface area contributed by atoms with Gasteiger partial charge in [-0.05, 0) is 31.3 Å². The van der Waals surface area contributed by atoms with E-state index in [2.05, 4.69) is 6.58 Å². The molecule has 7 nitrogen and oxygen atoms in total. The molecule has 134 valence electrons. The van der Waals surface area contributed by atoms with Crippen LogP contribution in [0.5, 0.6) is 0 Å². The highest BCUT2D eigenvalue weighted by Crippen LogP contribution is 2.38. The molecule has 2 rings (SSSR count). The van der Waals surface area contributed by atoms with Gasteiger partial charge in [-0.2, -0.15) is 0 Å².